The number of ether oxygens (including phenoxy) is 1. The molecule has 1 saturated carbocycles. The maximum absolute atomic E-state index is 12.2. The third-order valence-electron chi connectivity index (χ3n) is 5.73. The first-order valence-electron chi connectivity index (χ1n) is 8.79. The molecular formula is C17H31N3O3. The molecule has 5 unspecified atom stereocenters. The summed E-state index contributed by atoms with van der Waals surface area (Å²) < 4.78 is 4.98. The van der Waals surface area contributed by atoms with Crippen LogP contribution in [0.15, 0.2) is 0 Å². The van der Waals surface area contributed by atoms with E-state index in [1.165, 1.54) is 7.11 Å². The second-order valence-electron chi connectivity index (χ2n) is 6.96. The van der Waals surface area contributed by atoms with E-state index in [1.807, 2.05) is 23.8 Å². The van der Waals surface area contributed by atoms with Crippen molar-refractivity contribution in [1.29, 1.82) is 0 Å². The minimum atomic E-state index is -0.265. The van der Waals surface area contributed by atoms with E-state index in [0.717, 1.165) is 38.6 Å². The lowest BCUT2D eigenvalue weighted by Gasteiger charge is -2.53. The van der Waals surface area contributed by atoms with Gasteiger partial charge in [-0.2, -0.15) is 0 Å². The smallest absolute Gasteiger partial charge is 0.410 e. The van der Waals surface area contributed by atoms with Gasteiger partial charge in [-0.25, -0.2) is 4.79 Å². The lowest BCUT2D eigenvalue weighted by Crippen LogP contribution is -2.66. The summed E-state index contributed by atoms with van der Waals surface area (Å²) in [5.41, 5.74) is 0. The summed E-state index contributed by atoms with van der Waals surface area (Å²) in [6.07, 6.45) is 4.86. The molecule has 2 rings (SSSR count). The van der Waals surface area contributed by atoms with Crippen LogP contribution < -0.4 is 5.32 Å². The topological polar surface area (TPSA) is 61.9 Å². The SMILES string of the molecule is CCC(CNC)C1CCC2C(C1)N(C=O)CC(C)N2C(=O)OC. The summed E-state index contributed by atoms with van der Waals surface area (Å²) in [5, 5.41) is 3.29. The molecule has 0 aromatic rings. The van der Waals surface area contributed by atoms with Crippen LogP contribution in [-0.2, 0) is 9.53 Å². The van der Waals surface area contributed by atoms with Crippen molar-refractivity contribution in [2.75, 3.05) is 27.2 Å². The molecule has 6 heteroatoms. The third kappa shape index (κ3) is 3.62. The van der Waals surface area contributed by atoms with Gasteiger partial charge in [-0.1, -0.05) is 13.3 Å². The third-order valence-corrected chi connectivity index (χ3v) is 5.73. The van der Waals surface area contributed by atoms with Crippen molar-refractivity contribution in [2.24, 2.45) is 11.8 Å². The first kappa shape index (κ1) is 18.0. The largest absolute Gasteiger partial charge is 0.453 e. The van der Waals surface area contributed by atoms with Crippen LogP contribution >= 0.6 is 0 Å². The molecule has 0 spiro atoms. The van der Waals surface area contributed by atoms with E-state index in [-0.39, 0.29) is 24.2 Å². The van der Waals surface area contributed by atoms with Crippen LogP contribution in [-0.4, -0.2) is 67.7 Å². The summed E-state index contributed by atoms with van der Waals surface area (Å²) in [4.78, 5) is 27.5. The fourth-order valence-corrected chi connectivity index (χ4v) is 4.58. The summed E-state index contributed by atoms with van der Waals surface area (Å²) in [6, 6.07) is 0.205. The minimum absolute atomic E-state index is 0.00438. The first-order chi connectivity index (χ1) is 11.1. The zero-order valence-corrected chi connectivity index (χ0v) is 14.8. The Morgan fingerprint density at radius 2 is 2.13 bits per heavy atom. The number of hydrogen-bond acceptors (Lipinski definition) is 4. The number of nitrogens with zero attached hydrogens (tertiary/aromatic N) is 2. The standard InChI is InChI=1S/C17H31N3O3/c1-5-13(9-18-3)14-6-7-15-16(8-14)19(11-21)10-12(2)20(15)17(22)23-4/h11-16,18H,5-10H2,1-4H3. The number of hydrogen-bond donors (Lipinski definition) is 1. The van der Waals surface area contributed by atoms with Crippen molar-refractivity contribution < 1.29 is 14.3 Å². The predicted octanol–water partition coefficient (Wildman–Crippen LogP) is 1.70. The van der Waals surface area contributed by atoms with E-state index in [1.54, 1.807) is 0 Å². The molecule has 6 nitrogen and oxygen atoms in total. The molecule has 5 atom stereocenters. The Balaban J connectivity index is 2.17. The van der Waals surface area contributed by atoms with Crippen LogP contribution in [0.1, 0.15) is 39.5 Å². The van der Waals surface area contributed by atoms with Gasteiger partial charge >= 0.3 is 6.09 Å². The monoisotopic (exact) mass is 325 g/mol. The van der Waals surface area contributed by atoms with Gasteiger partial charge in [0.1, 0.15) is 0 Å². The predicted molar refractivity (Wildman–Crippen MR) is 89.1 cm³/mol. The molecule has 0 aromatic carbocycles. The normalized spacial score (nSPS) is 32.2. The molecule has 1 heterocycles. The Labute approximate surface area is 139 Å². The molecular weight excluding hydrogens is 294 g/mol. The van der Waals surface area contributed by atoms with Gasteiger partial charge in [-0.3, -0.25) is 9.69 Å². The fraction of sp³-hybridized carbons (Fsp3) is 0.882. The van der Waals surface area contributed by atoms with Crippen LogP contribution in [0.4, 0.5) is 4.79 Å². The quantitative estimate of drug-likeness (QED) is 0.782. The summed E-state index contributed by atoms with van der Waals surface area (Å²) in [6.45, 7) is 5.83. The lowest BCUT2D eigenvalue weighted by atomic mass is 9.73. The van der Waals surface area contributed by atoms with Crippen molar-refractivity contribution in [3.05, 3.63) is 0 Å². The number of carbonyl (C=O) groups excluding carboxylic acids is 2. The average Bonchev–Trinajstić information content (AvgIpc) is 2.57. The van der Waals surface area contributed by atoms with Crippen LogP contribution in [0.3, 0.4) is 0 Å². The van der Waals surface area contributed by atoms with Crippen molar-refractivity contribution in [2.45, 2.75) is 57.7 Å². The molecule has 1 aliphatic heterocycles. The summed E-state index contributed by atoms with van der Waals surface area (Å²) in [5.74, 6) is 1.23. The Bertz CT molecular complexity index is 418. The Morgan fingerprint density at radius 1 is 1.39 bits per heavy atom. The number of carbonyl (C=O) groups is 2. The second kappa shape index (κ2) is 7.99. The maximum atomic E-state index is 12.2. The van der Waals surface area contributed by atoms with E-state index < -0.39 is 0 Å². The molecule has 0 radical (unpaired) electrons. The van der Waals surface area contributed by atoms with Crippen LogP contribution in [0, 0.1) is 11.8 Å². The van der Waals surface area contributed by atoms with Crippen LogP contribution in [0.25, 0.3) is 0 Å². The van der Waals surface area contributed by atoms with Gasteiger partial charge in [-0.15, -0.1) is 0 Å². The van der Waals surface area contributed by atoms with E-state index in [0.29, 0.717) is 18.4 Å². The zero-order chi connectivity index (χ0) is 17.0. The maximum Gasteiger partial charge on any atom is 0.410 e. The van der Waals surface area contributed by atoms with Gasteiger partial charge in [0.15, 0.2) is 0 Å². The van der Waals surface area contributed by atoms with Crippen molar-refractivity contribution in [3.8, 4) is 0 Å². The molecule has 132 valence electrons. The molecule has 23 heavy (non-hydrogen) atoms. The Hall–Kier alpha value is -1.30. The number of rotatable bonds is 5. The molecule has 2 amide bonds. The number of amides is 2. The van der Waals surface area contributed by atoms with E-state index >= 15 is 0 Å². The number of methoxy groups -OCH3 is 1. The highest BCUT2D eigenvalue weighted by Gasteiger charge is 2.46. The highest BCUT2D eigenvalue weighted by molar-refractivity contribution is 5.69. The number of fused-ring (bicyclic) bond motifs is 1. The lowest BCUT2D eigenvalue weighted by molar-refractivity contribution is -0.129. The van der Waals surface area contributed by atoms with Gasteiger partial charge < -0.3 is 15.0 Å². The van der Waals surface area contributed by atoms with E-state index in [9.17, 15) is 9.59 Å². The summed E-state index contributed by atoms with van der Waals surface area (Å²) >= 11 is 0. The van der Waals surface area contributed by atoms with Crippen LogP contribution in [0.2, 0.25) is 0 Å². The van der Waals surface area contributed by atoms with Gasteiger partial charge in [0.2, 0.25) is 6.41 Å². The molecule has 1 aliphatic carbocycles. The van der Waals surface area contributed by atoms with E-state index in [2.05, 4.69) is 12.2 Å². The molecule has 0 bridgehead atoms. The highest BCUT2D eigenvalue weighted by Crippen LogP contribution is 2.39. The first-order valence-corrected chi connectivity index (χ1v) is 8.79. The van der Waals surface area contributed by atoms with Gasteiger partial charge in [0.05, 0.1) is 25.2 Å². The Morgan fingerprint density at radius 3 is 2.70 bits per heavy atom. The van der Waals surface area contributed by atoms with Gasteiger partial charge in [-0.05, 0) is 51.6 Å². The molecule has 0 aromatic heterocycles. The van der Waals surface area contributed by atoms with Crippen LogP contribution in [0.5, 0.6) is 0 Å². The number of piperazine rings is 1. The van der Waals surface area contributed by atoms with Gasteiger partial charge in [0.25, 0.3) is 0 Å². The number of nitrogens with one attached hydrogen (secondary N) is 1. The van der Waals surface area contributed by atoms with Crippen molar-refractivity contribution in [3.63, 3.8) is 0 Å². The zero-order valence-electron chi connectivity index (χ0n) is 14.8. The molecule has 2 fully saturated rings. The minimum Gasteiger partial charge on any atom is -0.453 e. The fourth-order valence-electron chi connectivity index (χ4n) is 4.58. The van der Waals surface area contributed by atoms with Crippen molar-refractivity contribution in [1.82, 2.24) is 15.1 Å². The summed E-state index contributed by atoms with van der Waals surface area (Å²) in [7, 11) is 3.43. The van der Waals surface area contributed by atoms with Crippen molar-refractivity contribution >= 4 is 12.5 Å². The molecule has 1 N–H and O–H groups in total. The Kier molecular flexibility index (Phi) is 6.27. The molecule has 2 aliphatic rings. The van der Waals surface area contributed by atoms with E-state index in [4.69, 9.17) is 4.74 Å². The highest BCUT2D eigenvalue weighted by atomic mass is 16.5. The second-order valence-corrected chi connectivity index (χ2v) is 6.96. The van der Waals surface area contributed by atoms with Gasteiger partial charge in [0, 0.05) is 6.54 Å². The molecule has 1 saturated heterocycles. The average molecular weight is 325 g/mol.